The molecule has 0 atom stereocenters. The predicted octanol–water partition coefficient (Wildman–Crippen LogP) is 3.98. The van der Waals surface area contributed by atoms with E-state index in [0.717, 1.165) is 15.6 Å². The predicted molar refractivity (Wildman–Crippen MR) is 99.2 cm³/mol. The van der Waals surface area contributed by atoms with Crippen LogP contribution in [0.5, 0.6) is 17.2 Å². The standard InChI is InChI=1S/C19H19NO4S/c1-20-13-7-5-6-8-17(13)25-18(20)11-14(21)12-9-15(22-2)19(24-4)16(10-12)23-3/h5-11H,1-4H3. The van der Waals surface area contributed by atoms with Gasteiger partial charge in [-0.05, 0) is 24.3 Å². The summed E-state index contributed by atoms with van der Waals surface area (Å²) in [7, 11) is 6.54. The Morgan fingerprint density at radius 2 is 1.68 bits per heavy atom. The van der Waals surface area contributed by atoms with Crippen LogP contribution in [-0.4, -0.2) is 34.2 Å². The quantitative estimate of drug-likeness (QED) is 0.596. The van der Waals surface area contributed by atoms with E-state index in [4.69, 9.17) is 14.2 Å². The number of benzene rings is 2. The van der Waals surface area contributed by atoms with E-state index in [9.17, 15) is 4.79 Å². The first-order valence-corrected chi connectivity index (χ1v) is 8.47. The molecule has 2 aromatic rings. The molecule has 1 aliphatic heterocycles. The van der Waals surface area contributed by atoms with Crippen LogP contribution in [0.4, 0.5) is 5.69 Å². The van der Waals surface area contributed by atoms with E-state index < -0.39 is 0 Å². The fraction of sp³-hybridized carbons (Fsp3) is 0.211. The van der Waals surface area contributed by atoms with Crippen molar-refractivity contribution in [2.45, 2.75) is 4.90 Å². The molecule has 0 aromatic heterocycles. The molecule has 2 aromatic carbocycles. The van der Waals surface area contributed by atoms with Crippen LogP contribution in [0, 0.1) is 0 Å². The molecule has 0 fully saturated rings. The number of allylic oxidation sites excluding steroid dienone is 1. The van der Waals surface area contributed by atoms with Crippen molar-refractivity contribution in [1.82, 2.24) is 0 Å². The van der Waals surface area contributed by atoms with Crippen LogP contribution in [0.15, 0.2) is 52.4 Å². The van der Waals surface area contributed by atoms with Gasteiger partial charge in [-0.1, -0.05) is 23.9 Å². The molecule has 0 radical (unpaired) electrons. The van der Waals surface area contributed by atoms with E-state index >= 15 is 0 Å². The van der Waals surface area contributed by atoms with Crippen molar-refractivity contribution in [1.29, 1.82) is 0 Å². The maximum absolute atomic E-state index is 12.8. The van der Waals surface area contributed by atoms with E-state index in [-0.39, 0.29) is 5.78 Å². The number of anilines is 1. The summed E-state index contributed by atoms with van der Waals surface area (Å²) in [5.74, 6) is 1.26. The second-order valence-corrected chi connectivity index (χ2v) is 6.45. The van der Waals surface area contributed by atoms with Gasteiger partial charge in [-0.2, -0.15) is 0 Å². The van der Waals surface area contributed by atoms with Crippen LogP contribution >= 0.6 is 11.8 Å². The summed E-state index contributed by atoms with van der Waals surface area (Å²) in [5.41, 5.74) is 1.57. The third-order valence-electron chi connectivity index (χ3n) is 3.98. The van der Waals surface area contributed by atoms with E-state index in [1.165, 1.54) is 21.3 Å². The average Bonchev–Trinajstić information content (AvgIpc) is 2.96. The second-order valence-electron chi connectivity index (χ2n) is 5.39. The van der Waals surface area contributed by atoms with Crippen molar-refractivity contribution in [3.63, 3.8) is 0 Å². The smallest absolute Gasteiger partial charge is 0.203 e. The molecule has 3 rings (SSSR count). The minimum atomic E-state index is -0.124. The topological polar surface area (TPSA) is 48.0 Å². The molecule has 0 spiro atoms. The van der Waals surface area contributed by atoms with E-state index in [1.54, 1.807) is 30.0 Å². The minimum absolute atomic E-state index is 0.124. The Hall–Kier alpha value is -2.60. The summed E-state index contributed by atoms with van der Waals surface area (Å²) >= 11 is 1.57. The first kappa shape index (κ1) is 17.2. The van der Waals surface area contributed by atoms with E-state index in [1.807, 2.05) is 36.2 Å². The van der Waals surface area contributed by atoms with Gasteiger partial charge in [-0.25, -0.2) is 0 Å². The SMILES string of the molecule is COc1cc(C(=O)C=C2Sc3ccccc3N2C)cc(OC)c1OC. The largest absolute Gasteiger partial charge is 0.493 e. The zero-order valence-corrected chi connectivity index (χ0v) is 15.3. The lowest BCUT2D eigenvalue weighted by Crippen LogP contribution is -2.11. The summed E-state index contributed by atoms with van der Waals surface area (Å²) in [5, 5.41) is 0.875. The zero-order valence-electron chi connectivity index (χ0n) is 14.5. The van der Waals surface area contributed by atoms with Gasteiger partial charge in [0.05, 0.1) is 32.0 Å². The first-order chi connectivity index (χ1) is 12.1. The number of ether oxygens (including phenoxy) is 3. The highest BCUT2D eigenvalue weighted by molar-refractivity contribution is 8.03. The maximum atomic E-state index is 12.8. The van der Waals surface area contributed by atoms with Gasteiger partial charge in [0.15, 0.2) is 17.3 Å². The third-order valence-corrected chi connectivity index (χ3v) is 5.14. The maximum Gasteiger partial charge on any atom is 0.203 e. The molecule has 0 N–H and O–H groups in total. The number of hydrogen-bond donors (Lipinski definition) is 0. The van der Waals surface area contributed by atoms with Crippen LogP contribution < -0.4 is 19.1 Å². The van der Waals surface area contributed by atoms with Gasteiger partial charge in [0.25, 0.3) is 0 Å². The molecular weight excluding hydrogens is 338 g/mol. The molecule has 0 saturated carbocycles. The van der Waals surface area contributed by atoms with Crippen molar-refractivity contribution in [2.75, 3.05) is 33.3 Å². The number of thioether (sulfide) groups is 1. The van der Waals surface area contributed by atoms with Gasteiger partial charge in [0.2, 0.25) is 5.75 Å². The number of fused-ring (bicyclic) bond motifs is 1. The molecule has 6 heteroatoms. The van der Waals surface area contributed by atoms with Gasteiger partial charge in [0.1, 0.15) is 0 Å². The fourth-order valence-corrected chi connectivity index (χ4v) is 3.75. The monoisotopic (exact) mass is 357 g/mol. The van der Waals surface area contributed by atoms with Gasteiger partial charge >= 0.3 is 0 Å². The number of para-hydroxylation sites is 1. The first-order valence-electron chi connectivity index (χ1n) is 7.65. The van der Waals surface area contributed by atoms with E-state index in [0.29, 0.717) is 22.8 Å². The van der Waals surface area contributed by atoms with Crippen molar-refractivity contribution >= 4 is 23.2 Å². The minimum Gasteiger partial charge on any atom is -0.493 e. The Balaban J connectivity index is 1.95. The molecular formula is C19H19NO4S. The third kappa shape index (κ3) is 3.17. The Morgan fingerprint density at radius 1 is 1.04 bits per heavy atom. The highest BCUT2D eigenvalue weighted by Gasteiger charge is 2.23. The molecule has 0 aliphatic carbocycles. The number of carbonyl (C=O) groups is 1. The van der Waals surface area contributed by atoms with E-state index in [2.05, 4.69) is 0 Å². The summed E-state index contributed by atoms with van der Waals surface area (Å²) in [6.07, 6.45) is 1.63. The number of methoxy groups -OCH3 is 3. The van der Waals surface area contributed by atoms with Crippen LogP contribution in [0.3, 0.4) is 0 Å². The Kier molecular flexibility index (Phi) is 4.90. The summed E-state index contributed by atoms with van der Waals surface area (Å²) < 4.78 is 15.9. The Morgan fingerprint density at radius 3 is 2.24 bits per heavy atom. The summed E-state index contributed by atoms with van der Waals surface area (Å²) in [4.78, 5) is 15.9. The number of carbonyl (C=O) groups excluding carboxylic acids is 1. The normalized spacial score (nSPS) is 14.4. The number of rotatable bonds is 5. The summed E-state index contributed by atoms with van der Waals surface area (Å²) in [6, 6.07) is 11.4. The van der Waals surface area contributed by atoms with Gasteiger partial charge in [-0.15, -0.1) is 0 Å². The lowest BCUT2D eigenvalue weighted by molar-refractivity contribution is 0.104. The van der Waals surface area contributed by atoms with Gasteiger partial charge in [0, 0.05) is 23.6 Å². The Labute approximate surface area is 151 Å². The van der Waals surface area contributed by atoms with Gasteiger partial charge in [-0.3, -0.25) is 4.79 Å². The number of nitrogens with zero attached hydrogens (tertiary/aromatic N) is 1. The molecule has 0 unspecified atom stereocenters. The molecule has 130 valence electrons. The van der Waals surface area contributed by atoms with Crippen molar-refractivity contribution < 1.29 is 19.0 Å². The molecule has 5 nitrogen and oxygen atoms in total. The van der Waals surface area contributed by atoms with Crippen LogP contribution in [0.1, 0.15) is 10.4 Å². The average molecular weight is 357 g/mol. The number of hydrogen-bond acceptors (Lipinski definition) is 6. The lowest BCUT2D eigenvalue weighted by Gasteiger charge is -2.14. The van der Waals surface area contributed by atoms with Crippen LogP contribution in [0.2, 0.25) is 0 Å². The number of ketones is 1. The molecule has 0 saturated heterocycles. The molecule has 1 heterocycles. The zero-order chi connectivity index (χ0) is 18.0. The van der Waals surface area contributed by atoms with Gasteiger partial charge < -0.3 is 19.1 Å². The summed E-state index contributed by atoms with van der Waals surface area (Å²) in [6.45, 7) is 0. The van der Waals surface area contributed by atoms with Crippen LogP contribution in [0.25, 0.3) is 0 Å². The van der Waals surface area contributed by atoms with Crippen LogP contribution in [-0.2, 0) is 0 Å². The highest BCUT2D eigenvalue weighted by Crippen LogP contribution is 2.45. The highest BCUT2D eigenvalue weighted by atomic mass is 32.2. The van der Waals surface area contributed by atoms with Crippen molar-refractivity contribution in [3.05, 3.63) is 53.1 Å². The fourth-order valence-electron chi connectivity index (χ4n) is 2.67. The molecule has 0 bridgehead atoms. The Bertz CT molecular complexity index is 822. The molecule has 25 heavy (non-hydrogen) atoms. The lowest BCUT2D eigenvalue weighted by atomic mass is 10.1. The van der Waals surface area contributed by atoms with Crippen molar-refractivity contribution in [2.24, 2.45) is 0 Å². The second kappa shape index (κ2) is 7.11. The van der Waals surface area contributed by atoms with Crippen molar-refractivity contribution in [3.8, 4) is 17.2 Å². The molecule has 1 aliphatic rings. The molecule has 0 amide bonds.